The van der Waals surface area contributed by atoms with Gasteiger partial charge in [-0.3, -0.25) is 14.7 Å². The topological polar surface area (TPSA) is 81.8 Å². The molecule has 1 aromatic heterocycles. The van der Waals surface area contributed by atoms with E-state index in [1.54, 1.807) is 17.6 Å². The number of hydrogen-bond acceptors (Lipinski definition) is 7. The van der Waals surface area contributed by atoms with Crippen molar-refractivity contribution in [3.63, 3.8) is 0 Å². The summed E-state index contributed by atoms with van der Waals surface area (Å²) in [6, 6.07) is 9.99. The average Bonchev–Trinajstić information content (AvgIpc) is 3.23. The van der Waals surface area contributed by atoms with Crippen LogP contribution in [-0.2, 0) is 17.8 Å². The van der Waals surface area contributed by atoms with Crippen molar-refractivity contribution in [1.29, 1.82) is 5.26 Å². The molecule has 0 bridgehead atoms. The first-order valence-electron chi connectivity index (χ1n) is 10.4. The van der Waals surface area contributed by atoms with E-state index in [2.05, 4.69) is 20.9 Å². The number of piperazine rings is 1. The Labute approximate surface area is 186 Å². The van der Waals surface area contributed by atoms with E-state index < -0.39 is 0 Å². The lowest BCUT2D eigenvalue weighted by molar-refractivity contribution is -0.132. The van der Waals surface area contributed by atoms with Crippen LogP contribution in [-0.4, -0.2) is 59.3 Å². The number of aryl methyl sites for hydroxylation is 1. The Hall–Kier alpha value is -3.02. The molecule has 160 valence electrons. The van der Waals surface area contributed by atoms with E-state index in [0.717, 1.165) is 35.1 Å². The summed E-state index contributed by atoms with van der Waals surface area (Å²) in [6.07, 6.45) is 5.69. The number of aromatic nitrogens is 1. The molecule has 2 aromatic rings. The van der Waals surface area contributed by atoms with Gasteiger partial charge in [0, 0.05) is 43.5 Å². The molecule has 0 aliphatic carbocycles. The fourth-order valence-electron chi connectivity index (χ4n) is 3.77. The molecule has 8 heteroatoms. The predicted octanol–water partition coefficient (Wildman–Crippen LogP) is 2.82. The highest BCUT2D eigenvalue weighted by molar-refractivity contribution is 7.09. The summed E-state index contributed by atoms with van der Waals surface area (Å²) in [6.45, 7) is 5.18. The number of carbonyl (C=O) groups excluding carboxylic acids is 1. The van der Waals surface area contributed by atoms with Gasteiger partial charge >= 0.3 is 0 Å². The number of allylic oxidation sites excluding steroid dienone is 1. The monoisotopic (exact) mass is 435 g/mol. The molecular weight excluding hydrogens is 410 g/mol. The Morgan fingerprint density at radius 1 is 1.26 bits per heavy atom. The van der Waals surface area contributed by atoms with Gasteiger partial charge in [-0.25, -0.2) is 4.98 Å². The second-order valence-electron chi connectivity index (χ2n) is 7.66. The normalized spacial score (nSPS) is 21.1. The maximum Gasteiger partial charge on any atom is 0.227 e. The number of nitrogens with zero attached hydrogens (tertiary/aromatic N) is 5. The summed E-state index contributed by atoms with van der Waals surface area (Å²) < 4.78 is 5.78. The molecule has 2 aliphatic rings. The zero-order valence-electron chi connectivity index (χ0n) is 17.5. The van der Waals surface area contributed by atoms with E-state index in [-0.39, 0.29) is 18.0 Å². The van der Waals surface area contributed by atoms with Gasteiger partial charge < -0.3 is 9.64 Å². The molecular formula is C23H25N5O2S. The number of dihydropyridines is 1. The van der Waals surface area contributed by atoms with Crippen LogP contribution in [0.2, 0.25) is 0 Å². The SMILES string of the molecule is Cc1csc(COc2ccc(CC(=O)N3CCN(C4N=CC=CC4C#N)CC3)cc2)n1. The Morgan fingerprint density at radius 3 is 2.71 bits per heavy atom. The summed E-state index contributed by atoms with van der Waals surface area (Å²) in [4.78, 5) is 25.7. The standard InChI is InChI=1S/C23H25N5O2S/c1-17-16-31-21(26-17)15-30-20-6-4-18(5-7-20)13-22(29)27-9-11-28(12-10-27)23-19(14-24)3-2-8-25-23/h2-8,16,19,23H,9-13,15H2,1H3. The highest BCUT2D eigenvalue weighted by Crippen LogP contribution is 2.20. The van der Waals surface area contributed by atoms with Crippen molar-refractivity contribution in [3.8, 4) is 11.8 Å². The Balaban J connectivity index is 1.25. The van der Waals surface area contributed by atoms with Gasteiger partial charge in [0.25, 0.3) is 0 Å². The van der Waals surface area contributed by atoms with E-state index >= 15 is 0 Å². The van der Waals surface area contributed by atoms with Crippen LogP contribution in [0.25, 0.3) is 0 Å². The minimum atomic E-state index is -0.229. The van der Waals surface area contributed by atoms with Gasteiger partial charge in [-0.15, -0.1) is 11.3 Å². The lowest BCUT2D eigenvalue weighted by atomic mass is 10.0. The zero-order valence-corrected chi connectivity index (χ0v) is 18.3. The number of ether oxygens (including phenoxy) is 1. The van der Waals surface area contributed by atoms with Gasteiger partial charge in [-0.05, 0) is 30.7 Å². The Morgan fingerprint density at radius 2 is 2.03 bits per heavy atom. The number of aliphatic imine (C=N–C) groups is 1. The highest BCUT2D eigenvalue weighted by atomic mass is 32.1. The summed E-state index contributed by atoms with van der Waals surface area (Å²) in [7, 11) is 0. The van der Waals surface area contributed by atoms with Crippen molar-refractivity contribution in [2.24, 2.45) is 10.9 Å². The molecule has 0 radical (unpaired) electrons. The molecule has 2 atom stereocenters. The lowest BCUT2D eigenvalue weighted by Crippen LogP contribution is -2.53. The van der Waals surface area contributed by atoms with Gasteiger partial charge in [0.2, 0.25) is 5.91 Å². The van der Waals surface area contributed by atoms with E-state index in [9.17, 15) is 10.1 Å². The maximum absolute atomic E-state index is 12.7. The molecule has 7 nitrogen and oxygen atoms in total. The van der Waals surface area contributed by atoms with Gasteiger partial charge in [0.05, 0.1) is 12.5 Å². The lowest BCUT2D eigenvalue weighted by Gasteiger charge is -2.39. The second-order valence-corrected chi connectivity index (χ2v) is 8.60. The molecule has 2 aliphatic heterocycles. The van der Waals surface area contributed by atoms with Crippen molar-refractivity contribution >= 4 is 23.5 Å². The predicted molar refractivity (Wildman–Crippen MR) is 120 cm³/mol. The second kappa shape index (κ2) is 9.86. The van der Waals surface area contributed by atoms with Crippen molar-refractivity contribution in [1.82, 2.24) is 14.8 Å². The van der Waals surface area contributed by atoms with E-state index in [0.29, 0.717) is 26.1 Å². The Bertz CT molecular complexity index is 1000. The molecule has 4 rings (SSSR count). The minimum absolute atomic E-state index is 0.121. The van der Waals surface area contributed by atoms with Gasteiger partial charge in [-0.1, -0.05) is 18.2 Å². The van der Waals surface area contributed by atoms with Gasteiger partial charge in [-0.2, -0.15) is 5.26 Å². The van der Waals surface area contributed by atoms with E-state index in [1.165, 1.54) is 0 Å². The molecule has 1 amide bonds. The van der Waals surface area contributed by atoms with Crippen LogP contribution in [0.4, 0.5) is 0 Å². The molecule has 0 spiro atoms. The first kappa shape index (κ1) is 21.2. The Kier molecular flexibility index (Phi) is 6.75. The van der Waals surface area contributed by atoms with Crippen molar-refractivity contribution < 1.29 is 9.53 Å². The van der Waals surface area contributed by atoms with Gasteiger partial charge in [0.1, 0.15) is 29.4 Å². The summed E-state index contributed by atoms with van der Waals surface area (Å²) >= 11 is 1.59. The number of amides is 1. The van der Waals surface area contributed by atoms with Crippen molar-refractivity contribution in [2.45, 2.75) is 26.1 Å². The number of carbonyl (C=O) groups is 1. The fourth-order valence-corrected chi connectivity index (χ4v) is 4.45. The molecule has 2 unspecified atom stereocenters. The van der Waals surface area contributed by atoms with Crippen LogP contribution < -0.4 is 4.74 Å². The summed E-state index contributed by atoms with van der Waals surface area (Å²) in [5, 5.41) is 12.3. The van der Waals surface area contributed by atoms with Crippen LogP contribution in [0.1, 0.15) is 16.3 Å². The first-order chi connectivity index (χ1) is 15.1. The molecule has 1 aromatic carbocycles. The van der Waals surface area contributed by atoms with Crippen LogP contribution >= 0.6 is 11.3 Å². The third kappa shape index (κ3) is 5.37. The van der Waals surface area contributed by atoms with Crippen LogP contribution in [0, 0.1) is 24.2 Å². The number of hydrogen-bond donors (Lipinski definition) is 0. The number of rotatable bonds is 6. The third-order valence-corrected chi connectivity index (χ3v) is 6.40. The maximum atomic E-state index is 12.7. The molecule has 0 N–H and O–H groups in total. The van der Waals surface area contributed by atoms with Crippen molar-refractivity contribution in [2.75, 3.05) is 26.2 Å². The van der Waals surface area contributed by atoms with Crippen LogP contribution in [0.3, 0.4) is 0 Å². The third-order valence-electron chi connectivity index (χ3n) is 5.46. The average molecular weight is 436 g/mol. The fraction of sp³-hybridized carbons (Fsp3) is 0.391. The summed E-state index contributed by atoms with van der Waals surface area (Å²) in [5.74, 6) is 0.662. The number of thiazole rings is 1. The largest absolute Gasteiger partial charge is 0.486 e. The van der Waals surface area contributed by atoms with Crippen molar-refractivity contribution in [3.05, 3.63) is 58.1 Å². The van der Waals surface area contributed by atoms with Gasteiger partial charge in [0.15, 0.2) is 0 Å². The smallest absolute Gasteiger partial charge is 0.227 e. The summed E-state index contributed by atoms with van der Waals surface area (Å²) in [5.41, 5.74) is 1.97. The molecule has 3 heterocycles. The first-order valence-corrected chi connectivity index (χ1v) is 11.2. The zero-order chi connectivity index (χ0) is 21.6. The highest BCUT2D eigenvalue weighted by Gasteiger charge is 2.30. The van der Waals surface area contributed by atoms with E-state index in [4.69, 9.17) is 4.74 Å². The van der Waals surface area contributed by atoms with Crippen LogP contribution in [0.5, 0.6) is 5.75 Å². The molecule has 31 heavy (non-hydrogen) atoms. The van der Waals surface area contributed by atoms with Crippen LogP contribution in [0.15, 0.2) is 46.8 Å². The molecule has 1 fully saturated rings. The number of nitriles is 1. The molecule has 0 saturated carbocycles. The molecule has 1 saturated heterocycles. The van der Waals surface area contributed by atoms with E-state index in [1.807, 2.05) is 53.6 Å². The quantitative estimate of drug-likeness (QED) is 0.697. The minimum Gasteiger partial charge on any atom is -0.486 e. The number of benzene rings is 1.